The maximum atomic E-state index is 13.4. The van der Waals surface area contributed by atoms with E-state index in [2.05, 4.69) is 4.98 Å². The molecule has 1 saturated carbocycles. The Morgan fingerprint density at radius 2 is 1.93 bits per heavy atom. The SMILES string of the molecule is CN(C)[C@@H]1C(=O)C(C(N)=O)=C(O)[C@@]2(O)C(=O)C3=C(O)c4c([nH]ccc4=O)C[C@H]3C[C@@H]12. The van der Waals surface area contributed by atoms with Gasteiger partial charge in [-0.15, -0.1) is 0 Å². The number of hydrogen-bond acceptors (Lipinski definition) is 8. The van der Waals surface area contributed by atoms with Crippen molar-refractivity contribution in [2.75, 3.05) is 14.1 Å². The lowest BCUT2D eigenvalue weighted by Crippen LogP contribution is -2.65. The van der Waals surface area contributed by atoms with Crippen molar-refractivity contribution in [3.63, 3.8) is 0 Å². The van der Waals surface area contributed by atoms with E-state index in [1.165, 1.54) is 17.2 Å². The monoisotopic (exact) mass is 415 g/mol. The molecule has 1 aromatic rings. The Bertz CT molecular complexity index is 1130. The van der Waals surface area contributed by atoms with Gasteiger partial charge in [-0.1, -0.05) is 0 Å². The Labute approximate surface area is 170 Å². The van der Waals surface area contributed by atoms with E-state index in [1.54, 1.807) is 14.1 Å². The first-order chi connectivity index (χ1) is 14.0. The second kappa shape index (κ2) is 6.38. The maximum Gasteiger partial charge on any atom is 0.255 e. The Balaban J connectivity index is 1.99. The van der Waals surface area contributed by atoms with Crippen LogP contribution in [0.5, 0.6) is 0 Å². The van der Waals surface area contributed by atoms with Crippen molar-refractivity contribution < 1.29 is 29.7 Å². The highest BCUT2D eigenvalue weighted by Crippen LogP contribution is 2.51. The normalized spacial score (nSPS) is 30.9. The topological polar surface area (TPSA) is 174 Å². The second-order valence-electron chi connectivity index (χ2n) is 8.16. The average Bonchev–Trinajstić information content (AvgIpc) is 2.64. The van der Waals surface area contributed by atoms with Crippen LogP contribution in [0.15, 0.2) is 34.0 Å². The number of nitrogens with zero attached hydrogens (tertiary/aromatic N) is 1. The van der Waals surface area contributed by atoms with Crippen LogP contribution >= 0.6 is 0 Å². The van der Waals surface area contributed by atoms with Crippen LogP contribution in [0.4, 0.5) is 0 Å². The average molecular weight is 415 g/mol. The number of nitrogens with one attached hydrogen (secondary N) is 1. The fourth-order valence-corrected chi connectivity index (χ4v) is 5.08. The minimum absolute atomic E-state index is 0.0443. The van der Waals surface area contributed by atoms with E-state index in [0.717, 1.165) is 0 Å². The van der Waals surface area contributed by atoms with Gasteiger partial charge in [-0.2, -0.15) is 0 Å². The molecule has 4 rings (SSSR count). The Morgan fingerprint density at radius 1 is 1.27 bits per heavy atom. The molecule has 0 spiro atoms. The first-order valence-electron chi connectivity index (χ1n) is 9.37. The van der Waals surface area contributed by atoms with Gasteiger partial charge in [-0.05, 0) is 32.9 Å². The van der Waals surface area contributed by atoms with Gasteiger partial charge in [0.05, 0.1) is 11.6 Å². The molecule has 10 heteroatoms. The summed E-state index contributed by atoms with van der Waals surface area (Å²) in [6.45, 7) is 0. The van der Waals surface area contributed by atoms with Gasteiger partial charge in [-0.3, -0.25) is 24.1 Å². The Hall–Kier alpha value is -3.24. The van der Waals surface area contributed by atoms with Crippen molar-refractivity contribution in [2.45, 2.75) is 24.5 Å². The molecule has 10 nitrogen and oxygen atoms in total. The number of amides is 1. The van der Waals surface area contributed by atoms with Crippen LogP contribution in [-0.2, 0) is 20.8 Å². The standard InChI is InChI=1S/C20H21N3O7/c1-23(2)14-8-5-7-6-9-12(10(24)3-4-22-9)15(25)11(7)17(27)20(8,30)18(28)13(16(14)26)19(21)29/h3-4,7-8,14,25,28,30H,5-6H2,1-2H3,(H2,21,29)(H,22,24)/t7-,8+,14+,20+/m1/s1. The number of fused-ring (bicyclic) bond motifs is 3. The number of carbonyl (C=O) groups is 3. The molecule has 158 valence electrons. The highest BCUT2D eigenvalue weighted by atomic mass is 16.3. The van der Waals surface area contributed by atoms with Crippen molar-refractivity contribution >= 4 is 23.2 Å². The summed E-state index contributed by atoms with van der Waals surface area (Å²) in [4.78, 5) is 54.8. The number of carbonyl (C=O) groups excluding carboxylic acids is 3. The summed E-state index contributed by atoms with van der Waals surface area (Å²) < 4.78 is 0. The highest BCUT2D eigenvalue weighted by molar-refractivity contribution is 6.24. The van der Waals surface area contributed by atoms with Crippen molar-refractivity contribution in [1.29, 1.82) is 0 Å². The number of Topliss-reactive ketones (excluding diaryl/α,β-unsaturated/α-hetero) is 2. The van der Waals surface area contributed by atoms with Crippen LogP contribution in [0.2, 0.25) is 0 Å². The van der Waals surface area contributed by atoms with Gasteiger partial charge in [0.2, 0.25) is 5.78 Å². The zero-order valence-corrected chi connectivity index (χ0v) is 16.3. The van der Waals surface area contributed by atoms with Crippen LogP contribution in [-0.4, -0.2) is 68.4 Å². The fraction of sp³-hybridized carbons (Fsp3) is 0.400. The summed E-state index contributed by atoms with van der Waals surface area (Å²) in [5.74, 6) is -6.48. The number of aromatic nitrogens is 1. The van der Waals surface area contributed by atoms with E-state index in [-0.39, 0.29) is 24.0 Å². The molecule has 0 saturated heterocycles. The number of H-pyrrole nitrogens is 1. The molecule has 1 aromatic heterocycles. The molecule has 4 atom stereocenters. The lowest BCUT2D eigenvalue weighted by Gasteiger charge is -2.50. The van der Waals surface area contributed by atoms with Crippen LogP contribution in [0, 0.1) is 11.8 Å². The van der Waals surface area contributed by atoms with Crippen molar-refractivity contribution in [1.82, 2.24) is 9.88 Å². The summed E-state index contributed by atoms with van der Waals surface area (Å²) in [7, 11) is 3.09. The van der Waals surface area contributed by atoms with Crippen molar-refractivity contribution in [3.05, 3.63) is 50.6 Å². The predicted octanol–water partition coefficient (Wildman–Crippen LogP) is -1.05. The quantitative estimate of drug-likeness (QED) is 0.380. The van der Waals surface area contributed by atoms with Gasteiger partial charge in [0, 0.05) is 29.4 Å². The predicted molar refractivity (Wildman–Crippen MR) is 103 cm³/mol. The fourth-order valence-electron chi connectivity index (χ4n) is 5.08. The van der Waals surface area contributed by atoms with Crippen LogP contribution in [0.25, 0.3) is 5.76 Å². The zero-order chi connectivity index (χ0) is 22.1. The number of aliphatic hydroxyl groups excluding tert-OH is 2. The van der Waals surface area contributed by atoms with Crippen molar-refractivity contribution in [2.24, 2.45) is 17.6 Å². The number of ketones is 2. The van der Waals surface area contributed by atoms with Gasteiger partial charge in [0.25, 0.3) is 5.91 Å². The smallest absolute Gasteiger partial charge is 0.255 e. The molecular formula is C20H21N3O7. The molecular weight excluding hydrogens is 394 g/mol. The van der Waals surface area contributed by atoms with Gasteiger partial charge in [-0.25, -0.2) is 0 Å². The number of primary amides is 1. The van der Waals surface area contributed by atoms with Gasteiger partial charge >= 0.3 is 0 Å². The summed E-state index contributed by atoms with van der Waals surface area (Å²) in [6, 6.07) is 0.0993. The van der Waals surface area contributed by atoms with Crippen LogP contribution in [0.1, 0.15) is 17.7 Å². The highest BCUT2D eigenvalue weighted by Gasteiger charge is 2.64. The third-order valence-corrected chi connectivity index (χ3v) is 6.35. The summed E-state index contributed by atoms with van der Waals surface area (Å²) >= 11 is 0. The minimum Gasteiger partial charge on any atom is -0.508 e. The second-order valence-corrected chi connectivity index (χ2v) is 8.16. The largest absolute Gasteiger partial charge is 0.508 e. The number of rotatable bonds is 2. The Kier molecular flexibility index (Phi) is 4.26. The summed E-state index contributed by atoms with van der Waals surface area (Å²) in [5, 5.41) is 32.8. The molecule has 0 radical (unpaired) electrons. The van der Waals surface area contributed by atoms with Gasteiger partial charge < -0.3 is 26.0 Å². The number of pyridine rings is 1. The first kappa shape index (κ1) is 20.0. The molecule has 1 heterocycles. The summed E-state index contributed by atoms with van der Waals surface area (Å²) in [6.07, 6.45) is 1.67. The first-order valence-corrected chi connectivity index (χ1v) is 9.37. The third-order valence-electron chi connectivity index (χ3n) is 6.35. The lowest BCUT2D eigenvalue weighted by molar-refractivity contribution is -0.153. The Morgan fingerprint density at radius 3 is 2.53 bits per heavy atom. The number of aliphatic hydroxyl groups is 3. The molecule has 3 aliphatic rings. The molecule has 1 amide bonds. The number of aromatic amines is 1. The van der Waals surface area contributed by atoms with Gasteiger partial charge in [0.15, 0.2) is 16.8 Å². The lowest BCUT2D eigenvalue weighted by atomic mass is 9.58. The molecule has 30 heavy (non-hydrogen) atoms. The molecule has 0 aromatic carbocycles. The van der Waals surface area contributed by atoms with E-state index >= 15 is 0 Å². The van der Waals surface area contributed by atoms with Crippen LogP contribution < -0.4 is 11.2 Å². The zero-order valence-electron chi connectivity index (χ0n) is 16.3. The van der Waals surface area contributed by atoms with E-state index in [9.17, 15) is 34.5 Å². The van der Waals surface area contributed by atoms with E-state index < -0.39 is 63.5 Å². The number of nitrogens with two attached hydrogens (primary N) is 1. The molecule has 0 bridgehead atoms. The molecule has 0 unspecified atom stereocenters. The molecule has 3 aliphatic carbocycles. The van der Waals surface area contributed by atoms with Crippen LogP contribution in [0.3, 0.4) is 0 Å². The number of likely N-dealkylation sites (N-methyl/N-ethyl adjacent to an activating group) is 1. The van der Waals surface area contributed by atoms with E-state index in [1.807, 2.05) is 0 Å². The van der Waals surface area contributed by atoms with E-state index in [4.69, 9.17) is 5.73 Å². The molecule has 6 N–H and O–H groups in total. The van der Waals surface area contributed by atoms with E-state index in [0.29, 0.717) is 5.69 Å². The van der Waals surface area contributed by atoms with Gasteiger partial charge in [0.1, 0.15) is 17.1 Å². The molecule has 1 fully saturated rings. The minimum atomic E-state index is -2.63. The summed E-state index contributed by atoms with van der Waals surface area (Å²) in [5.41, 5.74) is 1.43. The third kappa shape index (κ3) is 2.37. The number of hydrogen-bond donors (Lipinski definition) is 5. The van der Waals surface area contributed by atoms with Crippen molar-refractivity contribution in [3.8, 4) is 0 Å². The maximum absolute atomic E-state index is 13.4. The molecule has 0 aliphatic heterocycles.